The molecule has 3 aromatic carbocycles. The van der Waals surface area contributed by atoms with E-state index in [0.29, 0.717) is 17.7 Å². The van der Waals surface area contributed by atoms with Gasteiger partial charge in [0.2, 0.25) is 0 Å². The van der Waals surface area contributed by atoms with Crippen LogP contribution in [0.15, 0.2) is 60.7 Å². The van der Waals surface area contributed by atoms with Crippen molar-refractivity contribution >= 4 is 11.6 Å². The van der Waals surface area contributed by atoms with E-state index in [1.807, 2.05) is 30.3 Å². The second kappa shape index (κ2) is 6.04. The van der Waals surface area contributed by atoms with Crippen LogP contribution in [-0.2, 0) is 4.74 Å². The predicted molar refractivity (Wildman–Crippen MR) is 95.7 cm³/mol. The number of ether oxygens (including phenoxy) is 1. The van der Waals surface area contributed by atoms with E-state index < -0.39 is 0 Å². The van der Waals surface area contributed by atoms with Gasteiger partial charge in [-0.05, 0) is 23.6 Å². The molecule has 1 fully saturated rings. The van der Waals surface area contributed by atoms with Crippen LogP contribution in [0.5, 0.6) is 0 Å². The van der Waals surface area contributed by atoms with Crippen LogP contribution in [0.1, 0.15) is 17.2 Å². The lowest BCUT2D eigenvalue weighted by atomic mass is 9.98. The van der Waals surface area contributed by atoms with Crippen LogP contribution >= 0.6 is 11.6 Å². The van der Waals surface area contributed by atoms with E-state index >= 15 is 0 Å². The molecule has 1 atom stereocenters. The number of hydrogen-bond acceptors (Lipinski definition) is 1. The molecule has 0 N–H and O–H groups in total. The molecule has 3 heteroatoms. The second-order valence-corrected chi connectivity index (χ2v) is 6.47. The zero-order chi connectivity index (χ0) is 16.7. The summed E-state index contributed by atoms with van der Waals surface area (Å²) in [7, 11) is 0. The molecule has 0 bridgehead atoms. The largest absolute Gasteiger partial charge is 0.368 e. The SMILES string of the molecule is Cc1ccc(-c2ccc(-c3ccc(C4CO4)c(F)c3Cl)cc2)cc1. The molecule has 0 aromatic heterocycles. The summed E-state index contributed by atoms with van der Waals surface area (Å²) in [5, 5.41) is 0.158. The van der Waals surface area contributed by atoms with Crippen molar-refractivity contribution in [2.24, 2.45) is 0 Å². The van der Waals surface area contributed by atoms with Crippen molar-refractivity contribution in [1.82, 2.24) is 0 Å². The van der Waals surface area contributed by atoms with Crippen molar-refractivity contribution < 1.29 is 9.13 Å². The first-order valence-electron chi connectivity index (χ1n) is 7.90. The van der Waals surface area contributed by atoms with Crippen molar-refractivity contribution in [1.29, 1.82) is 0 Å². The van der Waals surface area contributed by atoms with Crippen molar-refractivity contribution in [3.05, 3.63) is 82.6 Å². The van der Waals surface area contributed by atoms with Crippen LogP contribution in [0, 0.1) is 12.7 Å². The first-order chi connectivity index (χ1) is 11.6. The minimum atomic E-state index is -0.376. The molecule has 1 nitrogen and oxygen atoms in total. The average molecular weight is 339 g/mol. The third kappa shape index (κ3) is 2.83. The van der Waals surface area contributed by atoms with Gasteiger partial charge in [0, 0.05) is 11.1 Å². The van der Waals surface area contributed by atoms with Gasteiger partial charge >= 0.3 is 0 Å². The van der Waals surface area contributed by atoms with Crippen molar-refractivity contribution in [3.63, 3.8) is 0 Å². The zero-order valence-corrected chi connectivity index (χ0v) is 14.0. The molecule has 0 aliphatic carbocycles. The molecule has 120 valence electrons. The maximum atomic E-state index is 14.4. The molecule has 4 rings (SSSR count). The maximum absolute atomic E-state index is 14.4. The van der Waals surface area contributed by atoms with Crippen LogP contribution in [0.25, 0.3) is 22.3 Å². The fraction of sp³-hybridized carbons (Fsp3) is 0.143. The third-order valence-electron chi connectivity index (χ3n) is 4.37. The minimum Gasteiger partial charge on any atom is -0.368 e. The average Bonchev–Trinajstić information content (AvgIpc) is 3.43. The number of epoxide rings is 1. The Labute approximate surface area is 145 Å². The van der Waals surface area contributed by atoms with Gasteiger partial charge in [-0.2, -0.15) is 0 Å². The fourth-order valence-corrected chi connectivity index (χ4v) is 3.13. The van der Waals surface area contributed by atoms with Crippen LogP contribution in [-0.4, -0.2) is 6.61 Å². The van der Waals surface area contributed by atoms with Gasteiger partial charge < -0.3 is 4.74 Å². The van der Waals surface area contributed by atoms with Crippen LogP contribution in [0.4, 0.5) is 4.39 Å². The highest BCUT2D eigenvalue weighted by Gasteiger charge is 2.29. The molecule has 0 saturated carbocycles. The first-order valence-corrected chi connectivity index (χ1v) is 8.28. The van der Waals surface area contributed by atoms with Gasteiger partial charge in [-0.15, -0.1) is 0 Å². The van der Waals surface area contributed by atoms with E-state index in [0.717, 1.165) is 16.7 Å². The summed E-state index contributed by atoms with van der Waals surface area (Å²) >= 11 is 6.25. The number of benzene rings is 3. The molecule has 1 heterocycles. The molecule has 1 aliphatic rings. The second-order valence-electron chi connectivity index (χ2n) is 6.10. The Hall–Kier alpha value is -2.16. The van der Waals surface area contributed by atoms with E-state index in [9.17, 15) is 4.39 Å². The first kappa shape index (κ1) is 15.4. The molecule has 0 spiro atoms. The summed E-state index contributed by atoms with van der Waals surface area (Å²) in [6.45, 7) is 2.64. The maximum Gasteiger partial charge on any atom is 0.148 e. The van der Waals surface area contributed by atoms with Gasteiger partial charge in [0.05, 0.1) is 11.6 Å². The normalized spacial score (nSPS) is 16.2. The quantitative estimate of drug-likeness (QED) is 0.518. The van der Waals surface area contributed by atoms with Crippen LogP contribution in [0.3, 0.4) is 0 Å². The topological polar surface area (TPSA) is 12.5 Å². The Morgan fingerprint density at radius 3 is 2.00 bits per heavy atom. The summed E-state index contributed by atoms with van der Waals surface area (Å²) < 4.78 is 19.6. The van der Waals surface area contributed by atoms with E-state index in [4.69, 9.17) is 16.3 Å². The van der Waals surface area contributed by atoms with Gasteiger partial charge in [0.25, 0.3) is 0 Å². The van der Waals surface area contributed by atoms with E-state index in [1.165, 1.54) is 5.56 Å². The Morgan fingerprint density at radius 2 is 1.42 bits per heavy atom. The van der Waals surface area contributed by atoms with Gasteiger partial charge in [-0.25, -0.2) is 4.39 Å². The molecule has 1 unspecified atom stereocenters. The Balaban J connectivity index is 1.67. The third-order valence-corrected chi connectivity index (χ3v) is 4.74. The van der Waals surface area contributed by atoms with E-state index in [1.54, 1.807) is 6.07 Å². The highest BCUT2D eigenvalue weighted by molar-refractivity contribution is 6.33. The fourth-order valence-electron chi connectivity index (χ4n) is 2.85. The standard InChI is InChI=1S/C21H16ClFO/c1-13-2-4-14(5-3-13)15-6-8-16(9-7-15)17-10-11-18(19-12-24-19)21(23)20(17)22/h2-11,19H,12H2,1H3. The molecular formula is C21H16ClFO. The smallest absolute Gasteiger partial charge is 0.148 e. The monoisotopic (exact) mass is 338 g/mol. The van der Waals surface area contributed by atoms with E-state index in [2.05, 4.69) is 31.2 Å². The van der Waals surface area contributed by atoms with Gasteiger partial charge in [-0.3, -0.25) is 0 Å². The summed E-state index contributed by atoms with van der Waals surface area (Å²) in [4.78, 5) is 0. The van der Waals surface area contributed by atoms with Crippen LogP contribution in [0.2, 0.25) is 5.02 Å². The number of aryl methyl sites for hydroxylation is 1. The van der Waals surface area contributed by atoms with Crippen LogP contribution < -0.4 is 0 Å². The molecule has 1 saturated heterocycles. The zero-order valence-electron chi connectivity index (χ0n) is 13.2. The Morgan fingerprint density at radius 1 is 0.875 bits per heavy atom. The highest BCUT2D eigenvalue weighted by atomic mass is 35.5. The van der Waals surface area contributed by atoms with Gasteiger partial charge in [-0.1, -0.05) is 77.8 Å². The molecule has 0 amide bonds. The molecule has 3 aromatic rings. The lowest BCUT2D eigenvalue weighted by Crippen LogP contribution is -1.92. The van der Waals surface area contributed by atoms with Crippen molar-refractivity contribution in [3.8, 4) is 22.3 Å². The number of halogens is 2. The Kier molecular flexibility index (Phi) is 3.87. The number of rotatable bonds is 3. The summed E-state index contributed by atoms with van der Waals surface area (Å²) in [5.41, 5.74) is 5.66. The Bertz CT molecular complexity index is 881. The lowest BCUT2D eigenvalue weighted by molar-refractivity contribution is 0.408. The summed E-state index contributed by atoms with van der Waals surface area (Å²) in [5.74, 6) is -0.376. The van der Waals surface area contributed by atoms with E-state index in [-0.39, 0.29) is 16.9 Å². The molecule has 24 heavy (non-hydrogen) atoms. The molecular weight excluding hydrogens is 323 g/mol. The minimum absolute atomic E-state index is 0.138. The van der Waals surface area contributed by atoms with Crippen molar-refractivity contribution in [2.75, 3.05) is 6.61 Å². The summed E-state index contributed by atoms with van der Waals surface area (Å²) in [6.07, 6.45) is -0.138. The van der Waals surface area contributed by atoms with Gasteiger partial charge in [0.15, 0.2) is 0 Å². The molecule has 0 radical (unpaired) electrons. The molecule has 1 aliphatic heterocycles. The highest BCUT2D eigenvalue weighted by Crippen LogP contribution is 2.39. The van der Waals surface area contributed by atoms with Crippen molar-refractivity contribution in [2.45, 2.75) is 13.0 Å². The lowest BCUT2D eigenvalue weighted by Gasteiger charge is -2.10. The summed E-state index contributed by atoms with van der Waals surface area (Å²) in [6, 6.07) is 20.0. The van der Waals surface area contributed by atoms with Gasteiger partial charge in [0.1, 0.15) is 11.9 Å². The number of hydrogen-bond donors (Lipinski definition) is 0. The predicted octanol–water partition coefficient (Wildman–Crippen LogP) is 6.19.